The molecule has 0 saturated heterocycles. The summed E-state index contributed by atoms with van der Waals surface area (Å²) in [5.74, 6) is 1.53. The Hall–Kier alpha value is -1.85. The molecule has 1 rings (SSSR count). The minimum atomic E-state index is 0.0594. The molecule has 1 aromatic heterocycles. The fourth-order valence-corrected chi connectivity index (χ4v) is 1.62. The fourth-order valence-electron chi connectivity index (χ4n) is 1.62. The van der Waals surface area contributed by atoms with Crippen LogP contribution in [0.1, 0.15) is 20.3 Å². The van der Waals surface area contributed by atoms with Crippen molar-refractivity contribution in [1.29, 1.82) is 0 Å². The molecule has 0 aliphatic heterocycles. The molecule has 0 saturated carbocycles. The summed E-state index contributed by atoms with van der Waals surface area (Å²) in [4.78, 5) is 24.0. The van der Waals surface area contributed by atoms with E-state index in [1.165, 1.54) is 0 Å². The minimum absolute atomic E-state index is 0.0594. The molecule has 0 unspecified atom stereocenters. The number of carbonyl (C=O) groups excluding carboxylic acids is 1. The van der Waals surface area contributed by atoms with E-state index in [9.17, 15) is 4.79 Å². The molecule has 0 fully saturated rings. The first-order chi connectivity index (χ1) is 9.08. The van der Waals surface area contributed by atoms with Crippen molar-refractivity contribution in [3.63, 3.8) is 0 Å². The van der Waals surface area contributed by atoms with Crippen LogP contribution in [0.4, 0.5) is 11.6 Å². The number of amides is 1. The third-order valence-electron chi connectivity index (χ3n) is 2.62. The van der Waals surface area contributed by atoms with Crippen molar-refractivity contribution in [3.05, 3.63) is 12.4 Å². The van der Waals surface area contributed by atoms with E-state index in [1.807, 2.05) is 11.8 Å². The van der Waals surface area contributed by atoms with Gasteiger partial charge in [0.1, 0.15) is 11.6 Å². The molecular weight excluding hydrogens is 242 g/mol. The minimum Gasteiger partial charge on any atom is -0.369 e. The zero-order valence-electron chi connectivity index (χ0n) is 12.2. The maximum Gasteiger partial charge on any atom is 0.241 e. The molecule has 0 aromatic carbocycles. The first-order valence-electron chi connectivity index (χ1n) is 6.59. The number of nitrogens with zero attached hydrogens (tertiary/aromatic N) is 4. The molecule has 106 valence electrons. The molecule has 1 heterocycles. The molecule has 0 aliphatic carbocycles. The Morgan fingerprint density at radius 1 is 1.32 bits per heavy atom. The van der Waals surface area contributed by atoms with Crippen LogP contribution in [0, 0.1) is 0 Å². The number of rotatable bonds is 7. The Morgan fingerprint density at radius 3 is 2.63 bits per heavy atom. The molecule has 0 aliphatic rings. The topological polar surface area (TPSA) is 61.4 Å². The molecule has 1 N–H and O–H groups in total. The quantitative estimate of drug-likeness (QED) is 0.803. The van der Waals surface area contributed by atoms with Crippen LogP contribution in [0.5, 0.6) is 0 Å². The van der Waals surface area contributed by atoms with Gasteiger partial charge in [-0.1, -0.05) is 6.92 Å². The first-order valence-corrected chi connectivity index (χ1v) is 6.59. The van der Waals surface area contributed by atoms with E-state index in [4.69, 9.17) is 0 Å². The smallest absolute Gasteiger partial charge is 0.241 e. The lowest BCUT2D eigenvalue weighted by molar-refractivity contribution is -0.127. The summed E-state index contributed by atoms with van der Waals surface area (Å²) in [6.07, 6.45) is 4.33. The molecule has 0 atom stereocenters. The summed E-state index contributed by atoms with van der Waals surface area (Å²) < 4.78 is 0. The van der Waals surface area contributed by atoms with Crippen molar-refractivity contribution in [2.75, 3.05) is 43.9 Å². The molecule has 1 aromatic rings. The van der Waals surface area contributed by atoms with Crippen molar-refractivity contribution in [3.8, 4) is 0 Å². The van der Waals surface area contributed by atoms with Gasteiger partial charge in [-0.25, -0.2) is 4.98 Å². The van der Waals surface area contributed by atoms with E-state index < -0.39 is 0 Å². The molecule has 0 radical (unpaired) electrons. The van der Waals surface area contributed by atoms with Gasteiger partial charge >= 0.3 is 0 Å². The van der Waals surface area contributed by atoms with Crippen molar-refractivity contribution >= 4 is 17.5 Å². The van der Waals surface area contributed by atoms with Crippen LogP contribution >= 0.6 is 0 Å². The van der Waals surface area contributed by atoms with Gasteiger partial charge in [-0.3, -0.25) is 9.78 Å². The second-order valence-electron chi connectivity index (χ2n) is 4.50. The second kappa shape index (κ2) is 7.56. The van der Waals surface area contributed by atoms with Crippen LogP contribution in [0.2, 0.25) is 0 Å². The van der Waals surface area contributed by atoms with Crippen molar-refractivity contribution in [1.82, 2.24) is 14.9 Å². The van der Waals surface area contributed by atoms with Crippen LogP contribution in [0.15, 0.2) is 12.4 Å². The summed E-state index contributed by atoms with van der Waals surface area (Å²) in [6.45, 7) is 5.99. The zero-order chi connectivity index (χ0) is 14.3. The highest BCUT2D eigenvalue weighted by Crippen LogP contribution is 2.13. The van der Waals surface area contributed by atoms with Gasteiger partial charge in [0.05, 0.1) is 18.9 Å². The normalized spacial score (nSPS) is 10.1. The van der Waals surface area contributed by atoms with Gasteiger partial charge in [0.25, 0.3) is 0 Å². The van der Waals surface area contributed by atoms with Crippen LogP contribution in [0.25, 0.3) is 0 Å². The lowest BCUT2D eigenvalue weighted by Crippen LogP contribution is -2.37. The van der Waals surface area contributed by atoms with Crippen LogP contribution < -0.4 is 10.2 Å². The number of carbonyl (C=O) groups is 1. The largest absolute Gasteiger partial charge is 0.369 e. The third kappa shape index (κ3) is 4.73. The summed E-state index contributed by atoms with van der Waals surface area (Å²) in [5.41, 5.74) is 0. The van der Waals surface area contributed by atoms with E-state index in [0.717, 1.165) is 31.1 Å². The summed E-state index contributed by atoms with van der Waals surface area (Å²) >= 11 is 0. The first kappa shape index (κ1) is 15.2. The van der Waals surface area contributed by atoms with Gasteiger partial charge < -0.3 is 15.1 Å². The highest BCUT2D eigenvalue weighted by atomic mass is 16.2. The predicted molar refractivity (Wildman–Crippen MR) is 77.4 cm³/mol. The van der Waals surface area contributed by atoms with Crippen molar-refractivity contribution in [2.24, 2.45) is 0 Å². The molecule has 1 amide bonds. The number of aromatic nitrogens is 2. The maximum absolute atomic E-state index is 11.8. The van der Waals surface area contributed by atoms with Crippen molar-refractivity contribution in [2.45, 2.75) is 20.3 Å². The Labute approximate surface area is 114 Å². The highest BCUT2D eigenvalue weighted by Gasteiger charge is 2.14. The highest BCUT2D eigenvalue weighted by molar-refractivity contribution is 5.80. The Morgan fingerprint density at radius 2 is 2.05 bits per heavy atom. The summed E-state index contributed by atoms with van der Waals surface area (Å²) in [5, 5.41) is 3.13. The second-order valence-corrected chi connectivity index (χ2v) is 4.50. The molecule has 19 heavy (non-hydrogen) atoms. The SMILES string of the molecule is CCCN(CC(=O)N(C)C)c1cncc(NCC)n1. The van der Waals surface area contributed by atoms with E-state index in [2.05, 4.69) is 22.2 Å². The molecule has 6 nitrogen and oxygen atoms in total. The Kier molecular flexibility index (Phi) is 6.05. The number of anilines is 2. The van der Waals surface area contributed by atoms with Crippen LogP contribution in [-0.2, 0) is 4.79 Å². The third-order valence-corrected chi connectivity index (χ3v) is 2.62. The van der Waals surface area contributed by atoms with Gasteiger partial charge in [-0.15, -0.1) is 0 Å². The molecular formula is C13H23N5O. The predicted octanol–water partition coefficient (Wildman–Crippen LogP) is 1.21. The number of hydrogen-bond acceptors (Lipinski definition) is 5. The molecule has 0 spiro atoms. The Balaban J connectivity index is 2.85. The average molecular weight is 265 g/mol. The zero-order valence-corrected chi connectivity index (χ0v) is 12.2. The van der Waals surface area contributed by atoms with Crippen LogP contribution in [-0.4, -0.2) is 54.5 Å². The van der Waals surface area contributed by atoms with Gasteiger partial charge in [0.2, 0.25) is 5.91 Å². The summed E-state index contributed by atoms with van der Waals surface area (Å²) in [7, 11) is 3.51. The maximum atomic E-state index is 11.8. The molecule has 6 heteroatoms. The van der Waals surface area contributed by atoms with Crippen molar-refractivity contribution < 1.29 is 4.79 Å². The van der Waals surface area contributed by atoms with Gasteiger partial charge in [-0.05, 0) is 13.3 Å². The van der Waals surface area contributed by atoms with Gasteiger partial charge in [0.15, 0.2) is 0 Å². The van der Waals surface area contributed by atoms with E-state index >= 15 is 0 Å². The number of likely N-dealkylation sites (N-methyl/N-ethyl adjacent to an activating group) is 1. The Bertz CT molecular complexity index is 408. The van der Waals surface area contributed by atoms with Crippen LogP contribution in [0.3, 0.4) is 0 Å². The van der Waals surface area contributed by atoms with Gasteiger partial charge in [-0.2, -0.15) is 0 Å². The standard InChI is InChI=1S/C13H23N5O/c1-5-7-18(10-13(19)17(3)4)12-9-14-8-11(16-12)15-6-2/h8-9H,5-7,10H2,1-4H3,(H,15,16). The number of hydrogen-bond donors (Lipinski definition) is 1. The lowest BCUT2D eigenvalue weighted by atomic mass is 10.3. The van der Waals surface area contributed by atoms with E-state index in [-0.39, 0.29) is 5.91 Å². The average Bonchev–Trinajstić information content (AvgIpc) is 2.38. The molecule has 0 bridgehead atoms. The fraction of sp³-hybridized carbons (Fsp3) is 0.615. The summed E-state index contributed by atoms with van der Waals surface area (Å²) in [6, 6.07) is 0. The van der Waals surface area contributed by atoms with Gasteiger partial charge in [0, 0.05) is 27.2 Å². The van der Waals surface area contributed by atoms with E-state index in [1.54, 1.807) is 31.4 Å². The van der Waals surface area contributed by atoms with E-state index in [0.29, 0.717) is 6.54 Å². The monoisotopic (exact) mass is 265 g/mol. The lowest BCUT2D eigenvalue weighted by Gasteiger charge is -2.24. The number of nitrogens with one attached hydrogen (secondary N) is 1.